The molecule has 0 saturated heterocycles. The van der Waals surface area contributed by atoms with E-state index in [0.717, 1.165) is 30.0 Å². The minimum atomic E-state index is -4.69. The lowest BCUT2D eigenvalue weighted by Gasteiger charge is -2.17. The number of benzene rings is 3. The van der Waals surface area contributed by atoms with Crippen LogP contribution in [0.25, 0.3) is 0 Å². The van der Waals surface area contributed by atoms with Crippen LogP contribution >= 0.6 is 23.4 Å². The summed E-state index contributed by atoms with van der Waals surface area (Å²) in [6.45, 7) is 1.54. The molecule has 0 saturated carbocycles. The number of amides is 2. The fourth-order valence-electron chi connectivity index (χ4n) is 2.93. The number of hydrogen-bond acceptors (Lipinski definition) is 5. The molecular weight excluding hydrogens is 507 g/mol. The quantitative estimate of drug-likeness (QED) is 0.205. The normalized spacial score (nSPS) is 12.0. The van der Waals surface area contributed by atoms with Gasteiger partial charge in [-0.05, 0) is 55.5 Å². The molecule has 0 aliphatic rings. The molecule has 3 aromatic carbocycles. The van der Waals surface area contributed by atoms with Gasteiger partial charge >= 0.3 is 6.18 Å². The number of rotatable bonds is 7. The molecule has 0 aromatic heterocycles. The van der Waals surface area contributed by atoms with Crippen molar-refractivity contribution in [2.75, 3.05) is 10.6 Å². The summed E-state index contributed by atoms with van der Waals surface area (Å²) in [7, 11) is 0. The first-order chi connectivity index (χ1) is 16.4. The van der Waals surface area contributed by atoms with Crippen molar-refractivity contribution in [1.82, 2.24) is 0 Å². The lowest BCUT2D eigenvalue weighted by Crippen LogP contribution is -2.24. The summed E-state index contributed by atoms with van der Waals surface area (Å²) < 4.78 is 39.7. The van der Waals surface area contributed by atoms with Crippen LogP contribution < -0.4 is 10.6 Å². The Morgan fingerprint density at radius 3 is 2.34 bits per heavy atom. The third-order valence-corrected chi connectivity index (χ3v) is 6.01. The first-order valence-electron chi connectivity index (χ1n) is 9.94. The molecule has 12 heteroatoms. The van der Waals surface area contributed by atoms with Crippen molar-refractivity contribution in [1.29, 1.82) is 0 Å². The number of anilines is 2. The second-order valence-electron chi connectivity index (χ2n) is 7.22. The molecule has 0 spiro atoms. The number of carbonyl (C=O) groups is 2. The number of nitrogens with zero attached hydrogens (tertiary/aromatic N) is 1. The first kappa shape index (κ1) is 26.0. The molecule has 35 heavy (non-hydrogen) atoms. The molecule has 0 aliphatic heterocycles. The van der Waals surface area contributed by atoms with Gasteiger partial charge in [0.25, 0.3) is 11.6 Å². The molecule has 182 valence electrons. The highest BCUT2D eigenvalue weighted by atomic mass is 35.5. The number of thioether (sulfide) groups is 1. The smallest absolute Gasteiger partial charge is 0.325 e. The minimum absolute atomic E-state index is 0.101. The average Bonchev–Trinajstić information content (AvgIpc) is 2.80. The summed E-state index contributed by atoms with van der Waals surface area (Å²) in [6.07, 6.45) is -4.69. The van der Waals surface area contributed by atoms with E-state index in [4.69, 9.17) is 11.6 Å². The number of nitro groups is 1. The van der Waals surface area contributed by atoms with Gasteiger partial charge in [-0.1, -0.05) is 17.7 Å². The van der Waals surface area contributed by atoms with Crippen LogP contribution in [0.2, 0.25) is 5.02 Å². The molecule has 0 bridgehead atoms. The fraction of sp³-hybridized carbons (Fsp3) is 0.130. The second-order valence-corrected chi connectivity index (χ2v) is 9.07. The number of hydrogen-bond donors (Lipinski definition) is 2. The van der Waals surface area contributed by atoms with Crippen LogP contribution in [0.4, 0.5) is 30.2 Å². The zero-order valence-corrected chi connectivity index (χ0v) is 19.5. The van der Waals surface area contributed by atoms with E-state index in [0.29, 0.717) is 10.6 Å². The topological polar surface area (TPSA) is 101 Å². The average molecular weight is 524 g/mol. The Kier molecular flexibility index (Phi) is 8.03. The zero-order valence-electron chi connectivity index (χ0n) is 17.9. The molecule has 1 unspecified atom stereocenters. The summed E-state index contributed by atoms with van der Waals surface area (Å²) in [6, 6.07) is 14.8. The van der Waals surface area contributed by atoms with E-state index >= 15 is 0 Å². The molecule has 7 nitrogen and oxygen atoms in total. The first-order valence-corrected chi connectivity index (χ1v) is 11.2. The Morgan fingerprint density at radius 1 is 1.03 bits per heavy atom. The number of alkyl halides is 3. The predicted octanol–water partition coefficient (Wildman–Crippen LogP) is 6.64. The Labute approximate surface area is 206 Å². The number of nitrogens with one attached hydrogen (secondary N) is 2. The van der Waals surface area contributed by atoms with E-state index in [1.54, 1.807) is 31.2 Å². The summed E-state index contributed by atoms with van der Waals surface area (Å²) >= 11 is 6.77. The van der Waals surface area contributed by atoms with Crippen LogP contribution in [-0.2, 0) is 11.0 Å². The SMILES string of the molecule is CC(Sc1ccc(NC(=O)c2cccc([N+](=O)[O-])c2)cc1)C(=O)Nc1ccc(Cl)cc1C(F)(F)F. The molecule has 2 amide bonds. The van der Waals surface area contributed by atoms with Crippen molar-refractivity contribution in [2.45, 2.75) is 23.2 Å². The van der Waals surface area contributed by atoms with Crippen LogP contribution in [0.5, 0.6) is 0 Å². The van der Waals surface area contributed by atoms with E-state index in [1.807, 2.05) is 0 Å². The van der Waals surface area contributed by atoms with E-state index in [9.17, 15) is 32.9 Å². The third-order valence-electron chi connectivity index (χ3n) is 4.66. The Balaban J connectivity index is 1.63. The lowest BCUT2D eigenvalue weighted by atomic mass is 10.1. The van der Waals surface area contributed by atoms with Gasteiger partial charge in [-0.25, -0.2) is 0 Å². The van der Waals surface area contributed by atoms with Gasteiger partial charge in [-0.15, -0.1) is 11.8 Å². The standard InChI is InChI=1S/C23H17ClF3N3O4S/c1-13(21(31)29-20-10-5-15(24)12-19(20)23(25,26)27)35-18-8-6-16(7-9-18)28-22(32)14-3-2-4-17(11-14)30(33)34/h2-13H,1H3,(H,28,32)(H,29,31). The molecule has 3 aromatic rings. The summed E-state index contributed by atoms with van der Waals surface area (Å²) in [4.78, 5) is 35.7. The van der Waals surface area contributed by atoms with Crippen molar-refractivity contribution in [2.24, 2.45) is 0 Å². The molecule has 0 fully saturated rings. The van der Waals surface area contributed by atoms with Crippen LogP contribution in [0, 0.1) is 10.1 Å². The van der Waals surface area contributed by atoms with Gasteiger partial charge in [0.2, 0.25) is 5.91 Å². The van der Waals surface area contributed by atoms with Gasteiger partial charge in [0.15, 0.2) is 0 Å². The monoisotopic (exact) mass is 523 g/mol. The highest BCUT2D eigenvalue weighted by Crippen LogP contribution is 2.37. The molecule has 1 atom stereocenters. The summed E-state index contributed by atoms with van der Waals surface area (Å²) in [5.74, 6) is -1.17. The van der Waals surface area contributed by atoms with E-state index < -0.39 is 39.4 Å². The highest BCUT2D eigenvalue weighted by Gasteiger charge is 2.34. The Hall–Kier alpha value is -3.57. The molecule has 0 aliphatic carbocycles. The lowest BCUT2D eigenvalue weighted by molar-refractivity contribution is -0.384. The second kappa shape index (κ2) is 10.8. The molecule has 0 heterocycles. The van der Waals surface area contributed by atoms with Crippen molar-refractivity contribution < 1.29 is 27.7 Å². The highest BCUT2D eigenvalue weighted by molar-refractivity contribution is 8.00. The van der Waals surface area contributed by atoms with Crippen molar-refractivity contribution >= 4 is 52.2 Å². The van der Waals surface area contributed by atoms with Gasteiger partial charge in [0.1, 0.15) is 0 Å². The number of nitro benzene ring substituents is 1. The van der Waals surface area contributed by atoms with Crippen molar-refractivity contribution in [3.8, 4) is 0 Å². The van der Waals surface area contributed by atoms with Crippen molar-refractivity contribution in [3.63, 3.8) is 0 Å². The van der Waals surface area contributed by atoms with Gasteiger partial charge in [-0.2, -0.15) is 13.2 Å². The molecule has 0 radical (unpaired) electrons. The summed E-state index contributed by atoms with van der Waals surface area (Å²) in [5.41, 5.74) is -1.11. The van der Waals surface area contributed by atoms with Gasteiger partial charge in [-0.3, -0.25) is 19.7 Å². The molecular formula is C23H17ClF3N3O4S. The Bertz CT molecular complexity index is 1270. The van der Waals surface area contributed by atoms with Crippen LogP contribution in [0.15, 0.2) is 71.6 Å². The predicted molar refractivity (Wildman–Crippen MR) is 128 cm³/mol. The van der Waals surface area contributed by atoms with Crippen LogP contribution in [0.1, 0.15) is 22.8 Å². The van der Waals surface area contributed by atoms with Gasteiger partial charge in [0, 0.05) is 33.3 Å². The molecule has 2 N–H and O–H groups in total. The maximum atomic E-state index is 13.2. The van der Waals surface area contributed by atoms with E-state index in [-0.39, 0.29) is 16.3 Å². The minimum Gasteiger partial charge on any atom is -0.325 e. The van der Waals surface area contributed by atoms with Crippen LogP contribution in [0.3, 0.4) is 0 Å². The number of carbonyl (C=O) groups excluding carboxylic acids is 2. The fourth-order valence-corrected chi connectivity index (χ4v) is 3.97. The summed E-state index contributed by atoms with van der Waals surface area (Å²) in [5, 5.41) is 14.9. The van der Waals surface area contributed by atoms with Gasteiger partial charge in [0.05, 0.1) is 21.4 Å². The van der Waals surface area contributed by atoms with Gasteiger partial charge < -0.3 is 10.6 Å². The van der Waals surface area contributed by atoms with Crippen molar-refractivity contribution in [3.05, 3.63) is 93.0 Å². The maximum absolute atomic E-state index is 13.2. The largest absolute Gasteiger partial charge is 0.418 e. The Morgan fingerprint density at radius 2 is 1.71 bits per heavy atom. The van der Waals surface area contributed by atoms with E-state index in [1.165, 1.54) is 24.3 Å². The zero-order chi connectivity index (χ0) is 25.8. The van der Waals surface area contributed by atoms with Crippen LogP contribution in [-0.4, -0.2) is 22.0 Å². The number of non-ortho nitro benzene ring substituents is 1. The maximum Gasteiger partial charge on any atom is 0.418 e. The third kappa shape index (κ3) is 6.96. The number of halogens is 4. The van der Waals surface area contributed by atoms with E-state index in [2.05, 4.69) is 10.6 Å². The molecule has 3 rings (SSSR count).